The minimum Gasteiger partial charge on any atom is -0.376 e. The minimum atomic E-state index is -4.64. The molecule has 28 heavy (non-hydrogen) atoms. The fraction of sp³-hybridized carbons (Fsp3) is 0.647. The summed E-state index contributed by atoms with van der Waals surface area (Å²) in [6.45, 7) is 2.25. The van der Waals surface area contributed by atoms with Gasteiger partial charge in [0, 0.05) is 26.2 Å². The highest BCUT2D eigenvalue weighted by atomic mass is 19.4. The third-order valence-corrected chi connectivity index (χ3v) is 5.15. The highest BCUT2D eigenvalue weighted by molar-refractivity contribution is 5.79. The molecular formula is C17H21F3N6O2. The number of piperidine rings is 1. The molecule has 2 aliphatic heterocycles. The summed E-state index contributed by atoms with van der Waals surface area (Å²) >= 11 is 0. The highest BCUT2D eigenvalue weighted by Crippen LogP contribution is 2.28. The molecule has 0 bridgehead atoms. The maximum atomic E-state index is 13.1. The second kappa shape index (κ2) is 7.53. The van der Waals surface area contributed by atoms with Crippen molar-refractivity contribution in [3.63, 3.8) is 0 Å². The molecule has 0 radical (unpaired) electrons. The lowest BCUT2D eigenvalue weighted by atomic mass is 9.97. The molecule has 4 heterocycles. The molecule has 1 N–H and O–H groups in total. The number of amides is 1. The molecule has 2 atom stereocenters. The molecule has 0 aliphatic carbocycles. The van der Waals surface area contributed by atoms with E-state index < -0.39 is 12.0 Å². The maximum absolute atomic E-state index is 13.1. The third kappa shape index (κ3) is 3.89. The number of nitrogens with one attached hydrogen (secondary N) is 1. The van der Waals surface area contributed by atoms with Gasteiger partial charge in [-0.1, -0.05) is 0 Å². The van der Waals surface area contributed by atoms with Gasteiger partial charge in [-0.2, -0.15) is 17.7 Å². The number of aromatic nitrogens is 4. The van der Waals surface area contributed by atoms with E-state index in [1.807, 2.05) is 4.90 Å². The number of carbonyl (C=O) groups is 1. The van der Waals surface area contributed by atoms with E-state index in [0.717, 1.165) is 32.3 Å². The molecule has 4 rings (SSSR count). The number of anilines is 1. The molecule has 2 saturated heterocycles. The summed E-state index contributed by atoms with van der Waals surface area (Å²) < 4.78 is 45.4. The van der Waals surface area contributed by atoms with Gasteiger partial charge in [0.25, 0.3) is 5.82 Å². The predicted molar refractivity (Wildman–Crippen MR) is 92.7 cm³/mol. The molecule has 0 saturated carbocycles. The molecule has 2 aromatic rings. The van der Waals surface area contributed by atoms with Crippen molar-refractivity contribution < 1.29 is 22.7 Å². The summed E-state index contributed by atoms with van der Waals surface area (Å²) in [6.07, 6.45) is -1.13. The minimum absolute atomic E-state index is 0.0268. The smallest absolute Gasteiger partial charge is 0.376 e. The van der Waals surface area contributed by atoms with Gasteiger partial charge in [0.2, 0.25) is 5.91 Å². The third-order valence-electron chi connectivity index (χ3n) is 5.15. The van der Waals surface area contributed by atoms with Crippen molar-refractivity contribution >= 4 is 17.4 Å². The van der Waals surface area contributed by atoms with Gasteiger partial charge in [0.05, 0.1) is 12.0 Å². The van der Waals surface area contributed by atoms with Crippen molar-refractivity contribution in [1.82, 2.24) is 25.1 Å². The Morgan fingerprint density at radius 3 is 2.86 bits per heavy atom. The first kappa shape index (κ1) is 18.9. The van der Waals surface area contributed by atoms with Crippen LogP contribution in [0, 0.1) is 5.92 Å². The van der Waals surface area contributed by atoms with E-state index in [4.69, 9.17) is 4.74 Å². The van der Waals surface area contributed by atoms with Crippen LogP contribution in [-0.4, -0.2) is 58.1 Å². The maximum Gasteiger partial charge on any atom is 0.453 e. The van der Waals surface area contributed by atoms with Crippen LogP contribution in [0.5, 0.6) is 0 Å². The zero-order chi connectivity index (χ0) is 19.7. The van der Waals surface area contributed by atoms with Gasteiger partial charge >= 0.3 is 6.18 Å². The van der Waals surface area contributed by atoms with Crippen LogP contribution in [-0.2, 0) is 15.7 Å². The molecule has 2 aromatic heterocycles. The van der Waals surface area contributed by atoms with E-state index in [2.05, 4.69) is 20.6 Å². The Morgan fingerprint density at radius 1 is 1.25 bits per heavy atom. The summed E-state index contributed by atoms with van der Waals surface area (Å²) in [6, 6.07) is 3.06. The SMILES string of the molecule is O=C(NC[C@H]1CCCO1)[C@@H]1CCCN(c2ccc3nnc(C(F)(F)F)n3n2)C1. The number of alkyl halides is 3. The van der Waals surface area contributed by atoms with Gasteiger partial charge in [0.15, 0.2) is 5.65 Å². The van der Waals surface area contributed by atoms with Crippen molar-refractivity contribution in [2.75, 3.05) is 31.1 Å². The second-order valence-corrected chi connectivity index (χ2v) is 7.15. The Bertz CT molecular complexity index is 849. The Hall–Kier alpha value is -2.43. The average molecular weight is 398 g/mol. The number of halogens is 3. The van der Waals surface area contributed by atoms with Crippen LogP contribution in [0.2, 0.25) is 0 Å². The fourth-order valence-corrected chi connectivity index (χ4v) is 3.69. The van der Waals surface area contributed by atoms with Gasteiger partial charge in [-0.15, -0.1) is 15.3 Å². The summed E-state index contributed by atoms with van der Waals surface area (Å²) in [5.74, 6) is -1.08. The largest absolute Gasteiger partial charge is 0.453 e. The molecule has 2 aliphatic rings. The molecule has 152 valence electrons. The van der Waals surface area contributed by atoms with E-state index in [1.165, 1.54) is 6.07 Å². The van der Waals surface area contributed by atoms with E-state index in [-0.39, 0.29) is 23.6 Å². The van der Waals surface area contributed by atoms with Gasteiger partial charge < -0.3 is 15.0 Å². The van der Waals surface area contributed by atoms with Crippen molar-refractivity contribution in [1.29, 1.82) is 0 Å². The lowest BCUT2D eigenvalue weighted by molar-refractivity contribution is -0.146. The predicted octanol–water partition coefficient (Wildman–Crippen LogP) is 1.65. The van der Waals surface area contributed by atoms with Crippen molar-refractivity contribution in [2.24, 2.45) is 5.92 Å². The molecule has 0 unspecified atom stereocenters. The van der Waals surface area contributed by atoms with Gasteiger partial charge in [-0.3, -0.25) is 4.79 Å². The number of rotatable bonds is 4. The quantitative estimate of drug-likeness (QED) is 0.843. The molecule has 0 aromatic carbocycles. The van der Waals surface area contributed by atoms with Crippen LogP contribution in [0.15, 0.2) is 12.1 Å². The molecule has 8 nitrogen and oxygen atoms in total. The lowest BCUT2D eigenvalue weighted by Gasteiger charge is -2.32. The number of carbonyl (C=O) groups excluding carboxylic acids is 1. The number of nitrogens with zero attached hydrogens (tertiary/aromatic N) is 5. The van der Waals surface area contributed by atoms with Crippen molar-refractivity contribution in [3.05, 3.63) is 18.0 Å². The summed E-state index contributed by atoms with van der Waals surface area (Å²) in [4.78, 5) is 14.3. The first-order valence-corrected chi connectivity index (χ1v) is 9.36. The molecule has 0 spiro atoms. The Labute approximate surface area is 159 Å². The van der Waals surface area contributed by atoms with E-state index in [0.29, 0.717) is 30.0 Å². The Kier molecular flexibility index (Phi) is 5.09. The fourth-order valence-electron chi connectivity index (χ4n) is 3.69. The number of hydrogen-bond donors (Lipinski definition) is 1. The first-order chi connectivity index (χ1) is 13.4. The summed E-state index contributed by atoms with van der Waals surface area (Å²) in [5.41, 5.74) is 0.0268. The normalized spacial score (nSPS) is 23.3. The zero-order valence-corrected chi connectivity index (χ0v) is 15.2. The van der Waals surface area contributed by atoms with E-state index in [9.17, 15) is 18.0 Å². The Balaban J connectivity index is 1.45. The van der Waals surface area contributed by atoms with Crippen LogP contribution in [0.25, 0.3) is 5.65 Å². The topological polar surface area (TPSA) is 84.6 Å². The monoisotopic (exact) mass is 398 g/mol. The van der Waals surface area contributed by atoms with Crippen molar-refractivity contribution in [3.8, 4) is 0 Å². The van der Waals surface area contributed by atoms with Crippen LogP contribution >= 0.6 is 0 Å². The molecular weight excluding hydrogens is 377 g/mol. The second-order valence-electron chi connectivity index (χ2n) is 7.15. The standard InChI is InChI=1S/C17H21F3N6O2/c18-17(19,20)16-23-22-13-5-6-14(24-26(13)16)25-7-1-3-11(10-25)15(27)21-9-12-4-2-8-28-12/h5-6,11-12H,1-4,7-10H2,(H,21,27)/t11-,12-/m1/s1. The lowest BCUT2D eigenvalue weighted by Crippen LogP contribution is -2.45. The first-order valence-electron chi connectivity index (χ1n) is 9.36. The molecule has 2 fully saturated rings. The highest BCUT2D eigenvalue weighted by Gasteiger charge is 2.38. The van der Waals surface area contributed by atoms with Gasteiger partial charge in [-0.05, 0) is 37.8 Å². The van der Waals surface area contributed by atoms with E-state index >= 15 is 0 Å². The van der Waals surface area contributed by atoms with E-state index in [1.54, 1.807) is 6.07 Å². The number of fused-ring (bicyclic) bond motifs is 1. The summed E-state index contributed by atoms with van der Waals surface area (Å²) in [5, 5.41) is 13.7. The number of hydrogen-bond acceptors (Lipinski definition) is 6. The van der Waals surface area contributed by atoms with Crippen molar-refractivity contribution in [2.45, 2.75) is 38.0 Å². The van der Waals surface area contributed by atoms with Crippen LogP contribution in [0.4, 0.5) is 19.0 Å². The molecule has 11 heteroatoms. The summed E-state index contributed by atoms with van der Waals surface area (Å²) in [7, 11) is 0. The zero-order valence-electron chi connectivity index (χ0n) is 15.2. The van der Waals surface area contributed by atoms with Crippen LogP contribution in [0.1, 0.15) is 31.5 Å². The Morgan fingerprint density at radius 2 is 2.11 bits per heavy atom. The van der Waals surface area contributed by atoms with Gasteiger partial charge in [0.1, 0.15) is 5.82 Å². The average Bonchev–Trinajstić information content (AvgIpc) is 3.34. The number of ether oxygens (including phenoxy) is 1. The van der Waals surface area contributed by atoms with Crippen LogP contribution < -0.4 is 10.2 Å². The van der Waals surface area contributed by atoms with Gasteiger partial charge in [-0.25, -0.2) is 0 Å². The molecule has 1 amide bonds. The van der Waals surface area contributed by atoms with Crippen LogP contribution in [0.3, 0.4) is 0 Å².